The number of benzene rings is 3. The van der Waals surface area contributed by atoms with Gasteiger partial charge in [-0.2, -0.15) is 0 Å². The Morgan fingerprint density at radius 3 is 1.68 bits per heavy atom. The van der Waals surface area contributed by atoms with Crippen molar-refractivity contribution in [3.8, 4) is 0 Å². The Kier molecular flexibility index (Phi) is 8.89. The van der Waals surface area contributed by atoms with Gasteiger partial charge in [0.1, 0.15) is 30.5 Å². The van der Waals surface area contributed by atoms with E-state index in [4.69, 9.17) is 28.4 Å². The van der Waals surface area contributed by atoms with E-state index in [1.54, 1.807) is 0 Å². The van der Waals surface area contributed by atoms with Gasteiger partial charge in [-0.15, -0.1) is 0 Å². The predicted octanol–water partition coefficient (Wildman–Crippen LogP) is 5.68. The van der Waals surface area contributed by atoms with Gasteiger partial charge in [0.2, 0.25) is 0 Å². The molecule has 6 nitrogen and oxygen atoms in total. The first-order chi connectivity index (χ1) is 18.5. The summed E-state index contributed by atoms with van der Waals surface area (Å²) in [6.07, 6.45) is -2.00. The maximum absolute atomic E-state index is 6.64. The summed E-state index contributed by atoms with van der Waals surface area (Å²) in [7, 11) is 0. The van der Waals surface area contributed by atoms with Gasteiger partial charge in [-0.25, -0.2) is 0 Å². The van der Waals surface area contributed by atoms with E-state index in [1.807, 2.05) is 75.4 Å². The summed E-state index contributed by atoms with van der Waals surface area (Å²) in [5.41, 5.74) is 3.29. The highest BCUT2D eigenvalue weighted by molar-refractivity contribution is 5.15. The fourth-order valence-electron chi connectivity index (χ4n) is 5.25. The second-order valence-corrected chi connectivity index (χ2v) is 10.5. The van der Waals surface area contributed by atoms with Crippen LogP contribution in [0.2, 0.25) is 0 Å². The lowest BCUT2D eigenvalue weighted by molar-refractivity contribution is -0.386. The van der Waals surface area contributed by atoms with Gasteiger partial charge in [0.15, 0.2) is 5.79 Å². The summed E-state index contributed by atoms with van der Waals surface area (Å²) in [6.45, 7) is 7.62. The van der Waals surface area contributed by atoms with Crippen molar-refractivity contribution < 1.29 is 28.4 Å². The minimum atomic E-state index is -0.765. The lowest BCUT2D eigenvalue weighted by atomic mass is 9.90. The van der Waals surface area contributed by atoms with Crippen molar-refractivity contribution in [3.05, 3.63) is 108 Å². The van der Waals surface area contributed by atoms with E-state index in [0.717, 1.165) is 16.7 Å². The summed E-state index contributed by atoms with van der Waals surface area (Å²) < 4.78 is 38.6. The minimum Gasteiger partial charge on any atom is -0.374 e. The van der Waals surface area contributed by atoms with E-state index < -0.39 is 11.9 Å². The molecule has 2 aliphatic heterocycles. The summed E-state index contributed by atoms with van der Waals surface area (Å²) >= 11 is 0. The minimum absolute atomic E-state index is 0.182. The highest BCUT2D eigenvalue weighted by Gasteiger charge is 2.54. The maximum atomic E-state index is 6.64. The third-order valence-electron chi connectivity index (χ3n) is 6.99. The molecule has 0 bridgehead atoms. The van der Waals surface area contributed by atoms with Crippen LogP contribution in [0, 0.1) is 0 Å². The number of fused-ring (bicyclic) bond motifs is 1. The van der Waals surface area contributed by atoms with Crippen molar-refractivity contribution in [1.82, 2.24) is 0 Å². The van der Waals surface area contributed by atoms with E-state index in [2.05, 4.69) is 36.4 Å². The molecular weight excluding hydrogens is 480 g/mol. The van der Waals surface area contributed by atoms with E-state index >= 15 is 0 Å². The number of rotatable bonds is 10. The Balaban J connectivity index is 1.39. The molecule has 0 unspecified atom stereocenters. The molecule has 0 radical (unpaired) electrons. The maximum Gasteiger partial charge on any atom is 0.163 e. The molecule has 2 aliphatic rings. The second kappa shape index (κ2) is 12.5. The highest BCUT2D eigenvalue weighted by Crippen LogP contribution is 2.38. The summed E-state index contributed by atoms with van der Waals surface area (Å²) in [6, 6.07) is 30.5. The largest absolute Gasteiger partial charge is 0.374 e. The second-order valence-electron chi connectivity index (χ2n) is 10.5. The normalized spacial score (nSPS) is 28.5. The molecule has 6 heteroatoms. The average molecular weight is 519 g/mol. The highest BCUT2D eigenvalue weighted by atomic mass is 16.7. The number of hydrogen-bond donors (Lipinski definition) is 0. The molecule has 202 valence electrons. The Morgan fingerprint density at radius 1 is 0.632 bits per heavy atom. The molecule has 2 saturated heterocycles. The van der Waals surface area contributed by atoms with Crippen molar-refractivity contribution in [2.75, 3.05) is 6.61 Å². The van der Waals surface area contributed by atoms with Crippen molar-refractivity contribution >= 4 is 0 Å². The Morgan fingerprint density at radius 2 is 1.13 bits per heavy atom. The quantitative estimate of drug-likeness (QED) is 0.344. The zero-order chi connectivity index (χ0) is 26.4. The Bertz CT molecular complexity index is 1110. The number of hydrogen-bond acceptors (Lipinski definition) is 6. The fourth-order valence-corrected chi connectivity index (χ4v) is 5.25. The van der Waals surface area contributed by atoms with Crippen LogP contribution < -0.4 is 0 Å². The molecule has 3 aromatic carbocycles. The molecule has 5 rings (SSSR count). The molecule has 3 aromatic rings. The molecule has 6 atom stereocenters. The monoisotopic (exact) mass is 518 g/mol. The lowest BCUT2D eigenvalue weighted by Crippen LogP contribution is -2.68. The standard InChI is InChI=1S/C32H38O6/c1-23-28-31(38-32(2,3)37-23)30(35-21-26-17-11-6-12-18-26)29(34-20-25-15-9-5-10-16-25)27(36-28)22-33-19-24-13-7-4-8-14-24/h4-18,23,27-31H,19-22H2,1-3H3/t23-,27-,28+,29+,30-,31-/m0/s1. The van der Waals surface area contributed by atoms with Crippen LogP contribution in [-0.4, -0.2) is 49.0 Å². The lowest BCUT2D eigenvalue weighted by Gasteiger charge is -2.53. The van der Waals surface area contributed by atoms with Crippen LogP contribution in [0.4, 0.5) is 0 Å². The van der Waals surface area contributed by atoms with Gasteiger partial charge >= 0.3 is 0 Å². The van der Waals surface area contributed by atoms with Crippen LogP contribution in [0.3, 0.4) is 0 Å². The van der Waals surface area contributed by atoms with Crippen LogP contribution in [0.25, 0.3) is 0 Å². The molecular formula is C32H38O6. The summed E-state index contributed by atoms with van der Waals surface area (Å²) in [4.78, 5) is 0. The topological polar surface area (TPSA) is 55.4 Å². The first kappa shape index (κ1) is 27.0. The zero-order valence-electron chi connectivity index (χ0n) is 22.4. The van der Waals surface area contributed by atoms with E-state index in [0.29, 0.717) is 26.4 Å². The number of ether oxygens (including phenoxy) is 6. The summed E-state index contributed by atoms with van der Waals surface area (Å²) in [5, 5.41) is 0. The summed E-state index contributed by atoms with van der Waals surface area (Å²) in [5.74, 6) is -0.765. The van der Waals surface area contributed by atoms with Crippen molar-refractivity contribution in [1.29, 1.82) is 0 Å². The van der Waals surface area contributed by atoms with Gasteiger partial charge in [-0.1, -0.05) is 91.0 Å². The van der Waals surface area contributed by atoms with Crippen LogP contribution in [0.15, 0.2) is 91.0 Å². The molecule has 0 spiro atoms. The molecule has 0 N–H and O–H groups in total. The Labute approximate surface area is 225 Å². The molecule has 38 heavy (non-hydrogen) atoms. The molecule has 0 aliphatic carbocycles. The molecule has 0 saturated carbocycles. The molecule has 0 aromatic heterocycles. The first-order valence-corrected chi connectivity index (χ1v) is 13.4. The van der Waals surface area contributed by atoms with Crippen LogP contribution in [0.1, 0.15) is 37.5 Å². The van der Waals surface area contributed by atoms with Crippen LogP contribution in [0.5, 0.6) is 0 Å². The Hall–Kier alpha value is -2.58. The van der Waals surface area contributed by atoms with Gasteiger partial charge in [-0.05, 0) is 37.5 Å². The SMILES string of the molecule is C[C@@H]1OC(C)(C)O[C@@H]2[C@@H](OCc3ccccc3)[C@H](OCc3ccccc3)[C@H](COCc3ccccc3)O[C@@H]21. The smallest absolute Gasteiger partial charge is 0.163 e. The van der Waals surface area contributed by atoms with Crippen LogP contribution >= 0.6 is 0 Å². The molecule has 2 heterocycles. The van der Waals surface area contributed by atoms with Gasteiger partial charge < -0.3 is 28.4 Å². The average Bonchev–Trinajstić information content (AvgIpc) is 2.92. The van der Waals surface area contributed by atoms with Gasteiger partial charge in [0.05, 0.1) is 32.5 Å². The fraction of sp³-hybridized carbons (Fsp3) is 0.438. The van der Waals surface area contributed by atoms with Crippen LogP contribution in [-0.2, 0) is 48.2 Å². The molecule has 2 fully saturated rings. The predicted molar refractivity (Wildman–Crippen MR) is 144 cm³/mol. The van der Waals surface area contributed by atoms with E-state index in [-0.39, 0.29) is 30.5 Å². The van der Waals surface area contributed by atoms with Gasteiger partial charge in [0.25, 0.3) is 0 Å². The van der Waals surface area contributed by atoms with Crippen molar-refractivity contribution in [2.24, 2.45) is 0 Å². The third kappa shape index (κ3) is 6.89. The van der Waals surface area contributed by atoms with Crippen molar-refractivity contribution in [3.63, 3.8) is 0 Å². The first-order valence-electron chi connectivity index (χ1n) is 13.4. The van der Waals surface area contributed by atoms with Crippen molar-refractivity contribution in [2.45, 2.75) is 83.0 Å². The third-order valence-corrected chi connectivity index (χ3v) is 6.99. The zero-order valence-corrected chi connectivity index (χ0v) is 22.4. The van der Waals surface area contributed by atoms with Gasteiger partial charge in [-0.3, -0.25) is 0 Å². The van der Waals surface area contributed by atoms with E-state index in [1.165, 1.54) is 0 Å². The van der Waals surface area contributed by atoms with E-state index in [9.17, 15) is 0 Å². The molecule has 0 amide bonds. The van der Waals surface area contributed by atoms with Gasteiger partial charge in [0, 0.05) is 0 Å².